The van der Waals surface area contributed by atoms with Crippen LogP contribution in [0.4, 0.5) is 21.9 Å². The van der Waals surface area contributed by atoms with Gasteiger partial charge in [-0.05, 0) is 68.3 Å². The lowest BCUT2D eigenvalue weighted by Gasteiger charge is -2.46. The first kappa shape index (κ1) is 23.9. The summed E-state index contributed by atoms with van der Waals surface area (Å²) >= 11 is 0. The maximum atomic E-state index is 13.2. The summed E-state index contributed by atoms with van der Waals surface area (Å²) in [5, 5.41) is 10.2. The van der Waals surface area contributed by atoms with E-state index in [0.717, 1.165) is 53.4 Å². The molecule has 5 rings (SSSR count). The lowest BCUT2D eigenvalue weighted by molar-refractivity contribution is 0.0677. The first-order chi connectivity index (χ1) is 17.4. The molecule has 0 radical (unpaired) electrons. The number of amides is 2. The SMILES string of the molecule is CNc1cccc(C2=C3C=CC=CN3[C@@](C)([C@@H]3CCCN(C(=O)Nc4ccc(N(C)C)cc4)C3)N2)c1. The highest BCUT2D eigenvalue weighted by Gasteiger charge is 2.47. The first-order valence-corrected chi connectivity index (χ1v) is 12.7. The molecule has 0 bridgehead atoms. The maximum absolute atomic E-state index is 13.2. The van der Waals surface area contributed by atoms with Crippen molar-refractivity contribution in [2.45, 2.75) is 25.4 Å². The zero-order valence-electron chi connectivity index (χ0n) is 21.6. The van der Waals surface area contributed by atoms with Gasteiger partial charge < -0.3 is 30.7 Å². The minimum absolute atomic E-state index is 0.0388. The summed E-state index contributed by atoms with van der Waals surface area (Å²) in [4.78, 5) is 19.6. The highest BCUT2D eigenvalue weighted by molar-refractivity contribution is 5.89. The molecule has 1 saturated heterocycles. The van der Waals surface area contributed by atoms with Crippen LogP contribution in [0, 0.1) is 5.92 Å². The Morgan fingerprint density at radius 3 is 2.67 bits per heavy atom. The number of urea groups is 1. The molecule has 3 heterocycles. The molecule has 188 valence electrons. The molecule has 3 aliphatic heterocycles. The third kappa shape index (κ3) is 4.41. The number of carbonyl (C=O) groups excluding carboxylic acids is 1. The van der Waals surface area contributed by atoms with Crippen LogP contribution in [0.25, 0.3) is 5.70 Å². The second-order valence-electron chi connectivity index (χ2n) is 10.1. The molecule has 36 heavy (non-hydrogen) atoms. The van der Waals surface area contributed by atoms with Crippen LogP contribution in [-0.4, -0.2) is 55.7 Å². The van der Waals surface area contributed by atoms with Crippen molar-refractivity contribution in [1.29, 1.82) is 0 Å². The Kier molecular flexibility index (Phi) is 6.39. The lowest BCUT2D eigenvalue weighted by atomic mass is 9.85. The Bertz CT molecular complexity index is 1210. The topological polar surface area (TPSA) is 62.9 Å². The average molecular weight is 485 g/mol. The minimum atomic E-state index is -0.339. The number of carbonyl (C=O) groups is 1. The quantitative estimate of drug-likeness (QED) is 0.550. The fourth-order valence-electron chi connectivity index (χ4n) is 5.44. The predicted octanol–water partition coefficient (Wildman–Crippen LogP) is 5.11. The Morgan fingerprint density at radius 2 is 1.92 bits per heavy atom. The van der Waals surface area contributed by atoms with E-state index in [1.54, 1.807) is 0 Å². The average Bonchev–Trinajstić information content (AvgIpc) is 3.23. The van der Waals surface area contributed by atoms with Gasteiger partial charge >= 0.3 is 6.03 Å². The third-order valence-electron chi connectivity index (χ3n) is 7.57. The molecule has 7 nitrogen and oxygen atoms in total. The fraction of sp³-hybridized carbons (Fsp3) is 0.345. The van der Waals surface area contributed by atoms with E-state index >= 15 is 0 Å². The van der Waals surface area contributed by atoms with Gasteiger partial charge in [0.1, 0.15) is 5.66 Å². The van der Waals surface area contributed by atoms with Crippen molar-refractivity contribution in [1.82, 2.24) is 15.1 Å². The number of benzene rings is 2. The van der Waals surface area contributed by atoms with Crippen LogP contribution in [0.15, 0.2) is 78.7 Å². The molecule has 0 aromatic heterocycles. The molecule has 2 amide bonds. The van der Waals surface area contributed by atoms with Crippen LogP contribution in [0.5, 0.6) is 0 Å². The van der Waals surface area contributed by atoms with Gasteiger partial charge in [-0.3, -0.25) is 0 Å². The summed E-state index contributed by atoms with van der Waals surface area (Å²) in [7, 11) is 5.96. The van der Waals surface area contributed by atoms with Crippen LogP contribution in [-0.2, 0) is 0 Å². The molecule has 3 aliphatic rings. The van der Waals surface area contributed by atoms with Crippen LogP contribution in [0.3, 0.4) is 0 Å². The van der Waals surface area contributed by atoms with Gasteiger partial charge in [-0.1, -0.05) is 18.2 Å². The van der Waals surface area contributed by atoms with E-state index in [1.165, 1.54) is 0 Å². The number of rotatable bonds is 5. The Labute approximate surface area is 214 Å². The van der Waals surface area contributed by atoms with Gasteiger partial charge in [0.05, 0.1) is 11.4 Å². The Balaban J connectivity index is 1.34. The number of fused-ring (bicyclic) bond motifs is 1. The number of allylic oxidation sites excluding steroid dienone is 3. The smallest absolute Gasteiger partial charge is 0.321 e. The molecule has 0 spiro atoms. The number of hydrogen-bond donors (Lipinski definition) is 3. The van der Waals surface area contributed by atoms with Crippen molar-refractivity contribution in [2.24, 2.45) is 5.92 Å². The van der Waals surface area contributed by atoms with Crippen LogP contribution in [0.1, 0.15) is 25.3 Å². The molecule has 7 heteroatoms. The fourth-order valence-corrected chi connectivity index (χ4v) is 5.44. The molecule has 0 saturated carbocycles. The highest BCUT2D eigenvalue weighted by Crippen LogP contribution is 2.43. The number of anilines is 3. The van der Waals surface area contributed by atoms with E-state index in [-0.39, 0.29) is 17.6 Å². The van der Waals surface area contributed by atoms with Gasteiger partial charge in [0.2, 0.25) is 0 Å². The van der Waals surface area contributed by atoms with Gasteiger partial charge in [0.25, 0.3) is 0 Å². The molecule has 2 aromatic rings. The predicted molar refractivity (Wildman–Crippen MR) is 149 cm³/mol. The minimum Gasteiger partial charge on any atom is -0.388 e. The van der Waals surface area contributed by atoms with Crippen molar-refractivity contribution in [3.63, 3.8) is 0 Å². The monoisotopic (exact) mass is 484 g/mol. The molecule has 3 N–H and O–H groups in total. The summed E-state index contributed by atoms with van der Waals surface area (Å²) in [6, 6.07) is 16.4. The molecule has 2 atom stereocenters. The van der Waals surface area contributed by atoms with Crippen molar-refractivity contribution in [3.05, 3.63) is 84.2 Å². The number of piperidine rings is 1. The zero-order chi connectivity index (χ0) is 25.3. The largest absolute Gasteiger partial charge is 0.388 e. The molecular weight excluding hydrogens is 448 g/mol. The molecule has 2 aromatic carbocycles. The summed E-state index contributed by atoms with van der Waals surface area (Å²) in [6.45, 7) is 3.72. The Morgan fingerprint density at radius 1 is 1.11 bits per heavy atom. The van der Waals surface area contributed by atoms with Gasteiger partial charge in [-0.15, -0.1) is 0 Å². The number of nitrogens with one attached hydrogen (secondary N) is 3. The van der Waals surface area contributed by atoms with E-state index in [4.69, 9.17) is 0 Å². The molecule has 1 fully saturated rings. The summed E-state index contributed by atoms with van der Waals surface area (Å²) in [6.07, 6.45) is 10.5. The molecule has 0 aliphatic carbocycles. The molecule has 0 unspecified atom stereocenters. The lowest BCUT2D eigenvalue weighted by Crippen LogP contribution is -2.59. The second kappa shape index (κ2) is 9.64. The van der Waals surface area contributed by atoms with E-state index in [9.17, 15) is 4.79 Å². The van der Waals surface area contributed by atoms with Crippen LogP contribution in [0.2, 0.25) is 0 Å². The number of nitrogens with zero attached hydrogens (tertiary/aromatic N) is 3. The van der Waals surface area contributed by atoms with Crippen molar-refractivity contribution < 1.29 is 4.79 Å². The van der Waals surface area contributed by atoms with Crippen molar-refractivity contribution in [3.8, 4) is 0 Å². The van der Waals surface area contributed by atoms with Gasteiger partial charge in [-0.25, -0.2) is 4.79 Å². The van der Waals surface area contributed by atoms with E-state index in [0.29, 0.717) is 6.54 Å². The summed E-state index contributed by atoms with van der Waals surface area (Å²) in [5.74, 6) is 0.254. The third-order valence-corrected chi connectivity index (χ3v) is 7.57. The van der Waals surface area contributed by atoms with E-state index in [2.05, 4.69) is 76.5 Å². The summed E-state index contributed by atoms with van der Waals surface area (Å²) < 4.78 is 0. The second-order valence-corrected chi connectivity index (χ2v) is 10.1. The van der Waals surface area contributed by atoms with E-state index in [1.807, 2.05) is 55.2 Å². The number of hydrogen-bond acceptors (Lipinski definition) is 5. The van der Waals surface area contributed by atoms with Crippen molar-refractivity contribution in [2.75, 3.05) is 49.8 Å². The standard InChI is InChI=1S/C29H36N6O/c1-29(32-27(26-12-5-6-18-35(26)29)21-9-7-11-24(19-21)30-2)22-10-8-17-34(20-22)28(36)31-23-13-15-25(16-14-23)33(3)4/h5-7,9,11-16,18-19,22,30,32H,8,10,17,20H2,1-4H3,(H,31,36)/t22-,29+/m1/s1. The van der Waals surface area contributed by atoms with Gasteiger partial charge in [-0.2, -0.15) is 0 Å². The zero-order valence-corrected chi connectivity index (χ0v) is 21.6. The maximum Gasteiger partial charge on any atom is 0.321 e. The van der Waals surface area contributed by atoms with Gasteiger partial charge in [0.15, 0.2) is 0 Å². The Hall–Kier alpha value is -3.87. The van der Waals surface area contributed by atoms with E-state index < -0.39 is 0 Å². The number of likely N-dealkylation sites (tertiary alicyclic amines) is 1. The summed E-state index contributed by atoms with van der Waals surface area (Å²) in [5.41, 5.74) is 6.10. The van der Waals surface area contributed by atoms with Crippen molar-refractivity contribution >= 4 is 28.8 Å². The highest BCUT2D eigenvalue weighted by atomic mass is 16.2. The molecular formula is C29H36N6O. The van der Waals surface area contributed by atoms with Gasteiger partial charge in [0, 0.05) is 69.0 Å². The first-order valence-electron chi connectivity index (χ1n) is 12.7. The normalized spacial score (nSPS) is 22.8. The van der Waals surface area contributed by atoms with Crippen LogP contribution >= 0.6 is 0 Å². The van der Waals surface area contributed by atoms with Crippen LogP contribution < -0.4 is 20.9 Å².